The first-order valence-electron chi connectivity index (χ1n) is 1.01. The van der Waals surface area contributed by atoms with Gasteiger partial charge in [-0.3, -0.25) is 0 Å². The first kappa shape index (κ1) is 4.42. The second-order valence-electron chi connectivity index (χ2n) is 0.398. The highest BCUT2D eigenvalue weighted by Crippen LogP contribution is 1.93. The predicted octanol–water partition coefficient (Wildman–Crippen LogP) is 0.798. The molecule has 0 aromatic heterocycles. The van der Waals surface area contributed by atoms with E-state index in [-0.39, 0.29) is 0 Å². The van der Waals surface area contributed by atoms with Gasteiger partial charge in [-0.05, 0) is 0 Å². The Hall–Kier alpha value is 0.425. The van der Waals surface area contributed by atoms with Crippen molar-refractivity contribution in [2.24, 2.45) is 0 Å². The van der Waals surface area contributed by atoms with Gasteiger partial charge in [0.15, 0.2) is 0 Å². The number of hydrogen-bond donors (Lipinski definition) is 0. The van der Waals surface area contributed by atoms with Crippen LogP contribution in [0.4, 0.5) is 4.32 Å². The third-order valence-electron chi connectivity index (χ3n) is 0.109. The minimum atomic E-state index is 0.349. The minimum absolute atomic E-state index is 0.349. The Morgan fingerprint density at radius 2 is 2.25 bits per heavy atom. The number of hydrogen-bond acceptors (Lipinski definition) is 0. The molecular formula is CH4BFP. The lowest BCUT2D eigenvalue weighted by Gasteiger charge is -1.60. The Balaban J connectivity index is 1.97. The average molecular weight is 76.8 g/mol. The summed E-state index contributed by atoms with van der Waals surface area (Å²) in [6, 6.07) is 0. The third kappa shape index (κ3) is 2.42. The molecule has 0 aliphatic rings. The SMILES string of the molecule is CP[B]F. The Morgan fingerprint density at radius 1 is 2.00 bits per heavy atom. The predicted molar refractivity (Wildman–Crippen MR) is 21.1 cm³/mol. The Kier molecular flexibility index (Phi) is 3.79. The van der Waals surface area contributed by atoms with E-state index in [1.54, 1.807) is 6.66 Å². The van der Waals surface area contributed by atoms with E-state index >= 15 is 0 Å². The fraction of sp³-hybridized carbons (Fsp3) is 1.00. The van der Waals surface area contributed by atoms with E-state index in [2.05, 4.69) is 0 Å². The lowest BCUT2D eigenvalue weighted by molar-refractivity contribution is 0.894. The summed E-state index contributed by atoms with van der Waals surface area (Å²) in [5.41, 5.74) is 0. The molecule has 1 atom stereocenters. The van der Waals surface area contributed by atoms with Gasteiger partial charge in [0.25, 0.3) is 0 Å². The minimum Gasteiger partial charge on any atom is -0.336 e. The average Bonchev–Trinajstić information content (AvgIpc) is 1.37. The first-order chi connectivity index (χ1) is 1.91. The van der Waals surface area contributed by atoms with Crippen molar-refractivity contribution >= 4 is 15.7 Å². The summed E-state index contributed by atoms with van der Waals surface area (Å²) in [5, 5.41) is 0. The van der Waals surface area contributed by atoms with Crippen LogP contribution >= 0.6 is 8.46 Å². The van der Waals surface area contributed by atoms with Gasteiger partial charge in [0.2, 0.25) is 0 Å². The largest absolute Gasteiger partial charge is 0.382 e. The number of halogens is 1. The van der Waals surface area contributed by atoms with Crippen LogP contribution in [0.2, 0.25) is 0 Å². The molecule has 0 rings (SSSR count). The summed E-state index contributed by atoms with van der Waals surface area (Å²) in [5.74, 6) is 0. The van der Waals surface area contributed by atoms with Gasteiger partial charge in [-0.15, -0.1) is 8.46 Å². The van der Waals surface area contributed by atoms with E-state index in [1.807, 2.05) is 0 Å². The van der Waals surface area contributed by atoms with Crippen LogP contribution in [0.1, 0.15) is 0 Å². The van der Waals surface area contributed by atoms with Crippen molar-refractivity contribution in [2.45, 2.75) is 0 Å². The molecular weight excluding hydrogens is 72.8 g/mol. The van der Waals surface area contributed by atoms with E-state index in [1.165, 1.54) is 0 Å². The number of rotatable bonds is 1. The lowest BCUT2D eigenvalue weighted by Crippen LogP contribution is -1.52. The Labute approximate surface area is 27.8 Å². The molecule has 0 heterocycles. The van der Waals surface area contributed by atoms with Gasteiger partial charge in [-0.25, -0.2) is 0 Å². The maximum Gasteiger partial charge on any atom is 0.382 e. The summed E-state index contributed by atoms with van der Waals surface area (Å²) in [6.07, 6.45) is 0. The monoisotopic (exact) mass is 77.0 g/mol. The molecule has 4 heavy (non-hydrogen) atoms. The van der Waals surface area contributed by atoms with Gasteiger partial charge < -0.3 is 4.32 Å². The van der Waals surface area contributed by atoms with Gasteiger partial charge in [-0.2, -0.15) is 0 Å². The lowest BCUT2D eigenvalue weighted by atomic mass is 10.6. The highest BCUT2D eigenvalue weighted by atomic mass is 31.1. The van der Waals surface area contributed by atoms with Crippen LogP contribution in [0.5, 0.6) is 0 Å². The van der Waals surface area contributed by atoms with Gasteiger partial charge in [-0.1, -0.05) is 6.66 Å². The molecule has 0 aromatic carbocycles. The molecule has 0 aromatic rings. The first-order valence-corrected chi connectivity index (χ1v) is 2.58. The fourth-order valence-electron chi connectivity index (χ4n) is 0. The zero-order chi connectivity index (χ0) is 3.41. The quantitative estimate of drug-likeness (QED) is 0.320. The van der Waals surface area contributed by atoms with E-state index in [4.69, 9.17) is 0 Å². The van der Waals surface area contributed by atoms with Crippen LogP contribution in [0.25, 0.3) is 0 Å². The molecule has 0 nitrogen and oxygen atoms in total. The standard InChI is InChI=1S/CH4BFP/c1-4-2-3/h4H,1H3. The van der Waals surface area contributed by atoms with Crippen molar-refractivity contribution in [3.05, 3.63) is 0 Å². The molecule has 1 radical (unpaired) electrons. The van der Waals surface area contributed by atoms with E-state index in [9.17, 15) is 4.32 Å². The van der Waals surface area contributed by atoms with Crippen LogP contribution in [-0.4, -0.2) is 13.9 Å². The molecule has 0 spiro atoms. The van der Waals surface area contributed by atoms with E-state index in [0.717, 1.165) is 0 Å². The van der Waals surface area contributed by atoms with Crippen molar-refractivity contribution in [3.63, 3.8) is 0 Å². The van der Waals surface area contributed by atoms with Gasteiger partial charge in [0, 0.05) is 0 Å². The Bertz CT molecular complexity index is 10.0. The molecule has 0 aliphatic heterocycles. The van der Waals surface area contributed by atoms with Crippen LogP contribution < -0.4 is 0 Å². The second-order valence-corrected chi connectivity index (χ2v) is 1.19. The molecule has 0 aliphatic carbocycles. The second kappa shape index (κ2) is 3.42. The smallest absolute Gasteiger partial charge is 0.336 e. The van der Waals surface area contributed by atoms with Crippen LogP contribution in [0.15, 0.2) is 0 Å². The van der Waals surface area contributed by atoms with Crippen molar-refractivity contribution in [3.8, 4) is 0 Å². The van der Waals surface area contributed by atoms with Crippen molar-refractivity contribution in [2.75, 3.05) is 6.66 Å². The molecule has 0 amide bonds. The topological polar surface area (TPSA) is 0 Å². The zero-order valence-corrected chi connectivity index (χ0v) is 3.46. The fourth-order valence-corrected chi connectivity index (χ4v) is 0. The molecule has 0 fully saturated rings. The Morgan fingerprint density at radius 3 is 2.25 bits per heavy atom. The molecule has 23 valence electrons. The van der Waals surface area contributed by atoms with E-state index in [0.29, 0.717) is 15.7 Å². The maximum atomic E-state index is 10.6. The molecule has 0 bridgehead atoms. The van der Waals surface area contributed by atoms with Crippen molar-refractivity contribution < 1.29 is 4.32 Å². The third-order valence-corrected chi connectivity index (χ3v) is 0.327. The maximum absolute atomic E-state index is 10.6. The summed E-state index contributed by atoms with van der Waals surface area (Å²) >= 11 is 0. The summed E-state index contributed by atoms with van der Waals surface area (Å²) < 4.78 is 10.6. The van der Waals surface area contributed by atoms with Crippen molar-refractivity contribution in [1.29, 1.82) is 0 Å². The zero-order valence-electron chi connectivity index (χ0n) is 2.46. The molecule has 0 N–H and O–H groups in total. The van der Waals surface area contributed by atoms with Gasteiger partial charge >= 0.3 is 7.28 Å². The summed E-state index contributed by atoms with van der Waals surface area (Å²) in [6.45, 7) is 1.78. The normalized spacial score (nSPS) is 9.50. The highest BCUT2D eigenvalue weighted by Gasteiger charge is 1.69. The summed E-state index contributed by atoms with van der Waals surface area (Å²) in [7, 11) is 1.00. The molecule has 3 heteroatoms. The van der Waals surface area contributed by atoms with Gasteiger partial charge in [0.1, 0.15) is 0 Å². The van der Waals surface area contributed by atoms with Crippen LogP contribution in [0, 0.1) is 0 Å². The molecule has 0 saturated carbocycles. The highest BCUT2D eigenvalue weighted by molar-refractivity contribution is 7.69. The molecule has 1 unspecified atom stereocenters. The summed E-state index contributed by atoms with van der Waals surface area (Å²) in [4.78, 5) is 0. The van der Waals surface area contributed by atoms with Crippen LogP contribution in [0.3, 0.4) is 0 Å². The van der Waals surface area contributed by atoms with Crippen molar-refractivity contribution in [1.82, 2.24) is 0 Å². The van der Waals surface area contributed by atoms with Crippen LogP contribution in [-0.2, 0) is 0 Å². The molecule has 0 saturated heterocycles. The van der Waals surface area contributed by atoms with Gasteiger partial charge in [0.05, 0.1) is 0 Å². The van der Waals surface area contributed by atoms with E-state index < -0.39 is 0 Å².